The van der Waals surface area contributed by atoms with Crippen LogP contribution >= 0.6 is 0 Å². The third-order valence-corrected chi connectivity index (χ3v) is 3.54. The monoisotopic (exact) mass is 250 g/mol. The molecule has 1 fully saturated rings. The van der Waals surface area contributed by atoms with Gasteiger partial charge in [0.15, 0.2) is 0 Å². The Morgan fingerprint density at radius 3 is 2.78 bits per heavy atom. The van der Waals surface area contributed by atoms with Gasteiger partial charge in [-0.25, -0.2) is 4.39 Å². The normalized spacial score (nSPS) is 14.8. The number of halogens is 1. The summed E-state index contributed by atoms with van der Waals surface area (Å²) in [5.74, 6) is -0.111. The van der Waals surface area contributed by atoms with Gasteiger partial charge in [-0.3, -0.25) is 0 Å². The van der Waals surface area contributed by atoms with Crippen molar-refractivity contribution < 1.29 is 4.39 Å². The van der Waals surface area contributed by atoms with Crippen molar-refractivity contribution in [3.8, 4) is 0 Å². The Balaban J connectivity index is 2.25. The molecule has 0 saturated heterocycles. The standard InChI is InChI=1S/C15H23FN2/c1-2-3-11-18(12-7-8-12)15-6-4-5-14(16)13(15)9-10-17/h4-6,12H,2-3,7-11,17H2,1H3. The van der Waals surface area contributed by atoms with Crippen LogP contribution < -0.4 is 10.6 Å². The highest BCUT2D eigenvalue weighted by atomic mass is 19.1. The lowest BCUT2D eigenvalue weighted by Gasteiger charge is -2.27. The highest BCUT2D eigenvalue weighted by molar-refractivity contribution is 5.56. The first kappa shape index (κ1) is 13.3. The lowest BCUT2D eigenvalue weighted by Crippen LogP contribution is -2.28. The second-order valence-electron chi connectivity index (χ2n) is 5.05. The summed E-state index contributed by atoms with van der Waals surface area (Å²) in [5, 5.41) is 0. The van der Waals surface area contributed by atoms with Gasteiger partial charge in [-0.05, 0) is 44.4 Å². The summed E-state index contributed by atoms with van der Waals surface area (Å²) in [6.45, 7) is 3.72. The topological polar surface area (TPSA) is 29.3 Å². The van der Waals surface area contributed by atoms with E-state index in [9.17, 15) is 4.39 Å². The average molecular weight is 250 g/mol. The van der Waals surface area contributed by atoms with Gasteiger partial charge in [-0.15, -0.1) is 0 Å². The molecule has 0 heterocycles. The Labute approximate surface area is 109 Å². The van der Waals surface area contributed by atoms with Gasteiger partial charge in [-0.1, -0.05) is 19.4 Å². The SMILES string of the molecule is CCCCN(c1cccc(F)c1CCN)C1CC1. The molecule has 100 valence electrons. The summed E-state index contributed by atoms with van der Waals surface area (Å²) in [5.41, 5.74) is 7.47. The average Bonchev–Trinajstić information content (AvgIpc) is 3.18. The zero-order chi connectivity index (χ0) is 13.0. The van der Waals surface area contributed by atoms with Gasteiger partial charge in [0.1, 0.15) is 5.82 Å². The molecule has 0 amide bonds. The lowest BCUT2D eigenvalue weighted by molar-refractivity contribution is 0.605. The number of hydrogen-bond acceptors (Lipinski definition) is 2. The number of rotatable bonds is 7. The number of anilines is 1. The van der Waals surface area contributed by atoms with Gasteiger partial charge in [0.2, 0.25) is 0 Å². The van der Waals surface area contributed by atoms with E-state index in [1.807, 2.05) is 12.1 Å². The Kier molecular flexibility index (Phi) is 4.59. The molecule has 0 aliphatic heterocycles. The van der Waals surface area contributed by atoms with E-state index in [-0.39, 0.29) is 5.82 Å². The minimum atomic E-state index is -0.111. The lowest BCUT2D eigenvalue weighted by atomic mass is 10.1. The molecule has 1 saturated carbocycles. The largest absolute Gasteiger partial charge is 0.368 e. The van der Waals surface area contributed by atoms with E-state index in [0.29, 0.717) is 19.0 Å². The van der Waals surface area contributed by atoms with Crippen LogP contribution in [0.15, 0.2) is 18.2 Å². The summed E-state index contributed by atoms with van der Waals surface area (Å²) in [6, 6.07) is 6.02. The first-order valence-electron chi connectivity index (χ1n) is 7.02. The molecular weight excluding hydrogens is 227 g/mol. The zero-order valence-corrected chi connectivity index (χ0v) is 11.2. The Hall–Kier alpha value is -1.09. The van der Waals surface area contributed by atoms with E-state index in [0.717, 1.165) is 24.2 Å². The molecule has 0 spiro atoms. The number of unbranched alkanes of at least 4 members (excludes halogenated alkanes) is 1. The molecule has 0 radical (unpaired) electrons. The Morgan fingerprint density at radius 2 is 2.17 bits per heavy atom. The van der Waals surface area contributed by atoms with Crippen molar-refractivity contribution >= 4 is 5.69 Å². The van der Waals surface area contributed by atoms with Crippen molar-refractivity contribution in [1.29, 1.82) is 0 Å². The number of hydrogen-bond donors (Lipinski definition) is 1. The summed E-state index contributed by atoms with van der Waals surface area (Å²) in [7, 11) is 0. The van der Waals surface area contributed by atoms with Crippen LogP contribution in [0.25, 0.3) is 0 Å². The zero-order valence-electron chi connectivity index (χ0n) is 11.2. The van der Waals surface area contributed by atoms with Crippen LogP contribution in [0.3, 0.4) is 0 Å². The molecule has 3 heteroatoms. The highest BCUT2D eigenvalue weighted by Crippen LogP contribution is 2.34. The minimum absolute atomic E-state index is 0.111. The van der Waals surface area contributed by atoms with Crippen LogP contribution in [-0.2, 0) is 6.42 Å². The van der Waals surface area contributed by atoms with E-state index < -0.39 is 0 Å². The van der Waals surface area contributed by atoms with Crippen LogP contribution in [-0.4, -0.2) is 19.1 Å². The van der Waals surface area contributed by atoms with Crippen molar-refractivity contribution in [2.24, 2.45) is 5.73 Å². The summed E-state index contributed by atoms with van der Waals surface area (Å²) in [6.07, 6.45) is 5.43. The Bertz CT molecular complexity index is 388. The van der Waals surface area contributed by atoms with Crippen molar-refractivity contribution in [3.63, 3.8) is 0 Å². The molecule has 0 atom stereocenters. The smallest absolute Gasteiger partial charge is 0.128 e. The van der Waals surface area contributed by atoms with E-state index in [4.69, 9.17) is 5.73 Å². The fraction of sp³-hybridized carbons (Fsp3) is 0.600. The maximum atomic E-state index is 13.9. The molecule has 1 aliphatic carbocycles. The molecule has 2 N–H and O–H groups in total. The molecule has 1 aromatic rings. The first-order chi connectivity index (χ1) is 8.77. The molecule has 18 heavy (non-hydrogen) atoms. The first-order valence-corrected chi connectivity index (χ1v) is 7.02. The molecule has 1 aromatic carbocycles. The van der Waals surface area contributed by atoms with E-state index in [1.165, 1.54) is 19.3 Å². The van der Waals surface area contributed by atoms with Gasteiger partial charge in [0.05, 0.1) is 0 Å². The van der Waals surface area contributed by atoms with Gasteiger partial charge < -0.3 is 10.6 Å². The predicted molar refractivity (Wildman–Crippen MR) is 74.4 cm³/mol. The van der Waals surface area contributed by atoms with Gasteiger partial charge in [-0.2, -0.15) is 0 Å². The van der Waals surface area contributed by atoms with Crippen LogP contribution in [0, 0.1) is 5.82 Å². The maximum absolute atomic E-state index is 13.9. The van der Waals surface area contributed by atoms with Gasteiger partial charge in [0, 0.05) is 23.8 Å². The Morgan fingerprint density at radius 1 is 1.39 bits per heavy atom. The van der Waals surface area contributed by atoms with Crippen molar-refractivity contribution in [2.45, 2.75) is 45.1 Å². The molecular formula is C15H23FN2. The van der Waals surface area contributed by atoms with Crippen molar-refractivity contribution in [3.05, 3.63) is 29.6 Å². The molecule has 0 aromatic heterocycles. The third-order valence-electron chi connectivity index (χ3n) is 3.54. The highest BCUT2D eigenvalue weighted by Gasteiger charge is 2.30. The minimum Gasteiger partial charge on any atom is -0.368 e. The second-order valence-corrected chi connectivity index (χ2v) is 5.05. The molecule has 0 bridgehead atoms. The van der Waals surface area contributed by atoms with Gasteiger partial charge >= 0.3 is 0 Å². The van der Waals surface area contributed by atoms with Crippen molar-refractivity contribution in [2.75, 3.05) is 18.0 Å². The number of nitrogens with zero attached hydrogens (tertiary/aromatic N) is 1. The van der Waals surface area contributed by atoms with Crippen LogP contribution in [0.5, 0.6) is 0 Å². The van der Waals surface area contributed by atoms with E-state index >= 15 is 0 Å². The third kappa shape index (κ3) is 3.02. The molecule has 1 aliphatic rings. The number of benzene rings is 1. The second kappa shape index (κ2) is 6.19. The van der Waals surface area contributed by atoms with Gasteiger partial charge in [0.25, 0.3) is 0 Å². The fourth-order valence-corrected chi connectivity index (χ4v) is 2.42. The summed E-state index contributed by atoms with van der Waals surface area (Å²) in [4.78, 5) is 2.39. The fourth-order valence-electron chi connectivity index (χ4n) is 2.42. The number of nitrogens with two attached hydrogens (primary N) is 1. The maximum Gasteiger partial charge on any atom is 0.128 e. The van der Waals surface area contributed by atoms with E-state index in [1.54, 1.807) is 6.07 Å². The summed E-state index contributed by atoms with van der Waals surface area (Å²) >= 11 is 0. The predicted octanol–water partition coefficient (Wildman–Crippen LogP) is 3.10. The van der Waals surface area contributed by atoms with Crippen LogP contribution in [0.2, 0.25) is 0 Å². The molecule has 0 unspecified atom stereocenters. The van der Waals surface area contributed by atoms with Crippen LogP contribution in [0.1, 0.15) is 38.2 Å². The van der Waals surface area contributed by atoms with E-state index in [2.05, 4.69) is 11.8 Å². The summed E-state index contributed by atoms with van der Waals surface area (Å²) < 4.78 is 13.9. The molecule has 2 rings (SSSR count). The van der Waals surface area contributed by atoms with Crippen molar-refractivity contribution in [1.82, 2.24) is 0 Å². The quantitative estimate of drug-likeness (QED) is 0.805. The molecule has 2 nitrogen and oxygen atoms in total. The van der Waals surface area contributed by atoms with Crippen LogP contribution in [0.4, 0.5) is 10.1 Å².